The molecule has 4 rings (SSSR count). The van der Waals surface area contributed by atoms with Crippen LogP contribution >= 0.6 is 0 Å². The van der Waals surface area contributed by atoms with Crippen molar-refractivity contribution in [3.8, 4) is 5.75 Å². The number of hydrogen-bond donors (Lipinski definition) is 2. The van der Waals surface area contributed by atoms with E-state index in [1.54, 1.807) is 25.1 Å². The minimum Gasteiger partial charge on any atom is -0.479 e. The molecule has 182 valence electrons. The molecule has 9 heteroatoms. The molecule has 35 heavy (non-hydrogen) atoms. The number of benzene rings is 2. The van der Waals surface area contributed by atoms with Crippen LogP contribution in [0.4, 0.5) is 5.69 Å². The molecule has 2 N–H and O–H groups in total. The molecule has 1 aliphatic heterocycles. The quantitative estimate of drug-likeness (QED) is 0.561. The van der Waals surface area contributed by atoms with E-state index in [1.165, 1.54) is 17.5 Å². The number of nitrogens with zero attached hydrogens (tertiary/aromatic N) is 2. The Morgan fingerprint density at radius 3 is 2.57 bits per heavy atom. The summed E-state index contributed by atoms with van der Waals surface area (Å²) in [5, 5.41) is 5.76. The normalized spacial score (nSPS) is 15.9. The summed E-state index contributed by atoms with van der Waals surface area (Å²) in [6, 6.07) is 13.5. The molecule has 2 aromatic carbocycles. The second-order valence-corrected chi connectivity index (χ2v) is 9.32. The van der Waals surface area contributed by atoms with E-state index in [1.807, 2.05) is 51.1 Å². The van der Waals surface area contributed by atoms with Crippen molar-refractivity contribution in [3.05, 3.63) is 78.0 Å². The van der Waals surface area contributed by atoms with E-state index in [9.17, 15) is 14.4 Å². The van der Waals surface area contributed by atoms with Gasteiger partial charge in [0, 0.05) is 12.1 Å². The first-order valence-corrected chi connectivity index (χ1v) is 11.3. The van der Waals surface area contributed by atoms with Gasteiger partial charge in [0.05, 0.1) is 11.9 Å². The van der Waals surface area contributed by atoms with Gasteiger partial charge in [0.1, 0.15) is 11.8 Å². The number of nitrogens with one attached hydrogen (secondary N) is 2. The molecule has 3 aromatic rings. The highest BCUT2D eigenvalue weighted by atomic mass is 16.5. The van der Waals surface area contributed by atoms with Gasteiger partial charge in [-0.1, -0.05) is 36.4 Å². The van der Waals surface area contributed by atoms with Crippen molar-refractivity contribution in [2.45, 2.75) is 51.9 Å². The summed E-state index contributed by atoms with van der Waals surface area (Å²) in [5.41, 5.74) is 1.09. The minimum absolute atomic E-state index is 0.0178. The Hall–Kier alpha value is -4.14. The SMILES string of the molecule is CC1Oc2ccc(C(C(=O)NCc3ccccc3)N(C(=O)c3cnco3)C(C)(C)C)cc2NC1=O. The fraction of sp³-hybridized carbons (Fsp3) is 0.308. The Balaban J connectivity index is 1.75. The third kappa shape index (κ3) is 5.18. The third-order valence-electron chi connectivity index (χ3n) is 5.65. The van der Waals surface area contributed by atoms with Crippen molar-refractivity contribution in [3.63, 3.8) is 0 Å². The number of carbonyl (C=O) groups excluding carboxylic acids is 3. The van der Waals surface area contributed by atoms with Crippen molar-refractivity contribution in [2.24, 2.45) is 0 Å². The summed E-state index contributed by atoms with van der Waals surface area (Å²) in [6.07, 6.45) is 1.87. The molecular formula is C26H28N4O5. The molecule has 1 aliphatic rings. The Bertz CT molecular complexity index is 1220. The molecule has 1 aromatic heterocycles. The van der Waals surface area contributed by atoms with Crippen molar-refractivity contribution >= 4 is 23.4 Å². The molecule has 0 bridgehead atoms. The number of anilines is 1. The first-order valence-electron chi connectivity index (χ1n) is 11.3. The minimum atomic E-state index is -1.03. The fourth-order valence-electron chi connectivity index (χ4n) is 3.95. The lowest BCUT2D eigenvalue weighted by molar-refractivity contribution is -0.127. The van der Waals surface area contributed by atoms with Crippen LogP contribution in [0.15, 0.2) is 65.5 Å². The highest BCUT2D eigenvalue weighted by Gasteiger charge is 2.40. The molecule has 0 saturated heterocycles. The predicted molar refractivity (Wildman–Crippen MR) is 129 cm³/mol. The van der Waals surface area contributed by atoms with Gasteiger partial charge in [-0.15, -0.1) is 0 Å². The zero-order valence-electron chi connectivity index (χ0n) is 20.1. The van der Waals surface area contributed by atoms with Crippen LogP contribution in [0.2, 0.25) is 0 Å². The Kier molecular flexibility index (Phi) is 6.59. The van der Waals surface area contributed by atoms with Gasteiger partial charge in [-0.2, -0.15) is 0 Å². The molecule has 0 fully saturated rings. The lowest BCUT2D eigenvalue weighted by Gasteiger charge is -2.41. The van der Waals surface area contributed by atoms with Crippen LogP contribution in [-0.4, -0.2) is 39.2 Å². The third-order valence-corrected chi connectivity index (χ3v) is 5.65. The number of oxazole rings is 1. The standard InChI is InChI=1S/C26H28N4O5/c1-16-23(31)29-19-12-18(10-11-20(19)35-16)22(24(32)28-13-17-8-6-5-7-9-17)30(26(2,3)4)25(33)21-14-27-15-34-21/h5-12,14-16,22H,13H2,1-4H3,(H,28,32)(H,29,31). The Morgan fingerprint density at radius 2 is 1.91 bits per heavy atom. The molecular weight excluding hydrogens is 448 g/mol. The van der Waals surface area contributed by atoms with Gasteiger partial charge in [0.2, 0.25) is 11.7 Å². The predicted octanol–water partition coefficient (Wildman–Crippen LogP) is 3.69. The molecule has 0 saturated carbocycles. The zero-order chi connectivity index (χ0) is 25.2. The lowest BCUT2D eigenvalue weighted by atomic mass is 9.95. The van der Waals surface area contributed by atoms with E-state index in [0.717, 1.165) is 5.56 Å². The molecule has 9 nitrogen and oxygen atoms in total. The van der Waals surface area contributed by atoms with Gasteiger partial charge < -0.3 is 24.7 Å². The second-order valence-electron chi connectivity index (χ2n) is 9.32. The topological polar surface area (TPSA) is 114 Å². The van der Waals surface area contributed by atoms with E-state index < -0.39 is 23.6 Å². The van der Waals surface area contributed by atoms with Gasteiger partial charge in [0.15, 0.2) is 12.5 Å². The van der Waals surface area contributed by atoms with E-state index in [2.05, 4.69) is 15.6 Å². The second kappa shape index (κ2) is 9.61. The summed E-state index contributed by atoms with van der Waals surface area (Å²) in [4.78, 5) is 44.7. The van der Waals surface area contributed by atoms with Gasteiger partial charge >= 0.3 is 0 Å². The maximum Gasteiger partial charge on any atom is 0.292 e. The van der Waals surface area contributed by atoms with Gasteiger partial charge in [-0.05, 0) is 51.0 Å². The van der Waals surface area contributed by atoms with E-state index in [0.29, 0.717) is 17.0 Å². The molecule has 0 radical (unpaired) electrons. The maximum atomic E-state index is 13.7. The summed E-state index contributed by atoms with van der Waals surface area (Å²) in [5.74, 6) is -0.642. The van der Waals surface area contributed by atoms with Crippen LogP contribution in [-0.2, 0) is 16.1 Å². The number of ether oxygens (including phenoxy) is 1. The van der Waals surface area contributed by atoms with Crippen LogP contribution in [0.25, 0.3) is 0 Å². The largest absolute Gasteiger partial charge is 0.479 e. The number of rotatable bonds is 6. The Morgan fingerprint density at radius 1 is 1.17 bits per heavy atom. The number of amides is 3. The number of fused-ring (bicyclic) bond motifs is 1. The zero-order valence-corrected chi connectivity index (χ0v) is 20.1. The summed E-state index contributed by atoms with van der Waals surface area (Å²) in [7, 11) is 0. The van der Waals surface area contributed by atoms with Crippen molar-refractivity contribution in [1.29, 1.82) is 0 Å². The average molecular weight is 477 g/mol. The van der Waals surface area contributed by atoms with Gasteiger partial charge in [0.25, 0.3) is 11.8 Å². The van der Waals surface area contributed by atoms with Crippen LogP contribution in [0, 0.1) is 0 Å². The highest BCUT2D eigenvalue weighted by Crippen LogP contribution is 2.36. The molecule has 0 spiro atoms. The first-order chi connectivity index (χ1) is 16.6. The number of hydrogen-bond acceptors (Lipinski definition) is 6. The van der Waals surface area contributed by atoms with Gasteiger partial charge in [-0.3, -0.25) is 14.4 Å². The van der Waals surface area contributed by atoms with Crippen LogP contribution in [0.5, 0.6) is 5.75 Å². The van der Waals surface area contributed by atoms with E-state index >= 15 is 0 Å². The molecule has 2 unspecified atom stereocenters. The number of aromatic nitrogens is 1. The maximum absolute atomic E-state index is 13.7. The summed E-state index contributed by atoms with van der Waals surface area (Å²) < 4.78 is 10.9. The van der Waals surface area contributed by atoms with Crippen molar-refractivity contribution < 1.29 is 23.5 Å². The molecule has 3 amide bonds. The van der Waals surface area contributed by atoms with Gasteiger partial charge in [-0.25, -0.2) is 4.98 Å². The first kappa shape index (κ1) is 24.0. The average Bonchev–Trinajstić information content (AvgIpc) is 3.36. The monoisotopic (exact) mass is 476 g/mol. The summed E-state index contributed by atoms with van der Waals surface area (Å²) >= 11 is 0. The van der Waals surface area contributed by atoms with Crippen LogP contribution < -0.4 is 15.4 Å². The van der Waals surface area contributed by atoms with Crippen LogP contribution in [0.1, 0.15) is 55.4 Å². The highest BCUT2D eigenvalue weighted by molar-refractivity contribution is 5.99. The van der Waals surface area contributed by atoms with Crippen molar-refractivity contribution in [1.82, 2.24) is 15.2 Å². The fourth-order valence-corrected chi connectivity index (χ4v) is 3.95. The molecule has 2 atom stereocenters. The molecule has 0 aliphatic carbocycles. The smallest absolute Gasteiger partial charge is 0.292 e. The number of carbonyl (C=O) groups is 3. The van der Waals surface area contributed by atoms with E-state index in [-0.39, 0.29) is 24.1 Å². The summed E-state index contributed by atoms with van der Waals surface area (Å²) in [6.45, 7) is 7.45. The molecule has 2 heterocycles. The lowest BCUT2D eigenvalue weighted by Crippen LogP contribution is -2.52. The Labute approximate surface area is 203 Å². The van der Waals surface area contributed by atoms with E-state index in [4.69, 9.17) is 9.15 Å². The van der Waals surface area contributed by atoms with Crippen molar-refractivity contribution in [2.75, 3.05) is 5.32 Å². The van der Waals surface area contributed by atoms with Crippen LogP contribution in [0.3, 0.4) is 0 Å².